The second-order valence-electron chi connectivity index (χ2n) is 4.31. The standard InChI is InChI=1S/C13H18O3/c1-9(2)6-11-7-10(8-13(14)15)4-5-12(11)16-3/h4-5,7,9H,6,8H2,1-3H3,(H,14,15). The number of ether oxygens (including phenoxy) is 1. The summed E-state index contributed by atoms with van der Waals surface area (Å²) in [6.07, 6.45) is 0.964. The molecule has 0 amide bonds. The van der Waals surface area contributed by atoms with Gasteiger partial charge in [0.25, 0.3) is 0 Å². The van der Waals surface area contributed by atoms with Crippen molar-refractivity contribution in [2.45, 2.75) is 26.7 Å². The normalized spacial score (nSPS) is 10.5. The molecule has 16 heavy (non-hydrogen) atoms. The fourth-order valence-corrected chi connectivity index (χ4v) is 1.72. The van der Waals surface area contributed by atoms with Gasteiger partial charge in [0.15, 0.2) is 0 Å². The lowest BCUT2D eigenvalue weighted by Gasteiger charge is -2.12. The first kappa shape index (κ1) is 12.6. The molecule has 0 atom stereocenters. The Balaban J connectivity index is 2.96. The average molecular weight is 222 g/mol. The Hall–Kier alpha value is -1.51. The van der Waals surface area contributed by atoms with Crippen molar-refractivity contribution in [2.24, 2.45) is 5.92 Å². The molecule has 3 nitrogen and oxygen atoms in total. The summed E-state index contributed by atoms with van der Waals surface area (Å²) in [6.45, 7) is 4.26. The molecule has 3 heteroatoms. The van der Waals surface area contributed by atoms with E-state index in [4.69, 9.17) is 9.84 Å². The lowest BCUT2D eigenvalue weighted by Crippen LogP contribution is -2.03. The molecule has 0 bridgehead atoms. The fourth-order valence-electron chi connectivity index (χ4n) is 1.72. The third kappa shape index (κ3) is 3.57. The number of carbonyl (C=O) groups is 1. The van der Waals surface area contributed by atoms with Crippen LogP contribution in [0.2, 0.25) is 0 Å². The van der Waals surface area contributed by atoms with Crippen LogP contribution in [-0.2, 0) is 17.6 Å². The summed E-state index contributed by atoms with van der Waals surface area (Å²) in [5.74, 6) is 0.553. The minimum Gasteiger partial charge on any atom is -0.496 e. The first-order valence-electron chi connectivity index (χ1n) is 5.40. The lowest BCUT2D eigenvalue weighted by atomic mass is 9.99. The van der Waals surface area contributed by atoms with Crippen LogP contribution in [0.3, 0.4) is 0 Å². The Morgan fingerprint density at radius 1 is 1.44 bits per heavy atom. The van der Waals surface area contributed by atoms with Gasteiger partial charge in [0.05, 0.1) is 13.5 Å². The monoisotopic (exact) mass is 222 g/mol. The number of hydrogen-bond acceptors (Lipinski definition) is 2. The zero-order valence-corrected chi connectivity index (χ0v) is 9.99. The summed E-state index contributed by atoms with van der Waals surface area (Å²) in [5, 5.41) is 8.73. The van der Waals surface area contributed by atoms with Crippen molar-refractivity contribution in [3.63, 3.8) is 0 Å². The van der Waals surface area contributed by atoms with E-state index in [1.807, 2.05) is 12.1 Å². The maximum Gasteiger partial charge on any atom is 0.307 e. The van der Waals surface area contributed by atoms with Crippen LogP contribution in [0.25, 0.3) is 0 Å². The van der Waals surface area contributed by atoms with Gasteiger partial charge in [-0.05, 0) is 29.5 Å². The lowest BCUT2D eigenvalue weighted by molar-refractivity contribution is -0.136. The van der Waals surface area contributed by atoms with Crippen LogP contribution in [0.5, 0.6) is 5.75 Å². The molecule has 1 aromatic carbocycles. The van der Waals surface area contributed by atoms with Crippen molar-refractivity contribution in [1.82, 2.24) is 0 Å². The fraction of sp³-hybridized carbons (Fsp3) is 0.462. The molecule has 0 saturated carbocycles. The predicted octanol–water partition coefficient (Wildman–Crippen LogP) is 2.52. The second kappa shape index (κ2) is 5.54. The van der Waals surface area contributed by atoms with Crippen LogP contribution in [0.1, 0.15) is 25.0 Å². The molecule has 1 rings (SSSR count). The van der Waals surface area contributed by atoms with Crippen LogP contribution in [0.15, 0.2) is 18.2 Å². The Morgan fingerprint density at radius 2 is 2.12 bits per heavy atom. The minimum absolute atomic E-state index is 0.0646. The molecular weight excluding hydrogens is 204 g/mol. The maximum absolute atomic E-state index is 10.6. The quantitative estimate of drug-likeness (QED) is 0.832. The van der Waals surface area contributed by atoms with Gasteiger partial charge in [0, 0.05) is 0 Å². The maximum atomic E-state index is 10.6. The zero-order chi connectivity index (χ0) is 12.1. The van der Waals surface area contributed by atoms with E-state index in [9.17, 15) is 4.79 Å². The number of methoxy groups -OCH3 is 1. The van der Waals surface area contributed by atoms with Crippen LogP contribution in [-0.4, -0.2) is 18.2 Å². The number of rotatable bonds is 5. The van der Waals surface area contributed by atoms with Gasteiger partial charge in [-0.1, -0.05) is 26.0 Å². The van der Waals surface area contributed by atoms with Crippen LogP contribution in [0.4, 0.5) is 0 Å². The number of hydrogen-bond donors (Lipinski definition) is 1. The molecule has 1 N–H and O–H groups in total. The van der Waals surface area contributed by atoms with E-state index in [-0.39, 0.29) is 6.42 Å². The highest BCUT2D eigenvalue weighted by Crippen LogP contribution is 2.23. The average Bonchev–Trinajstić information content (AvgIpc) is 2.16. The summed E-state index contributed by atoms with van der Waals surface area (Å²) < 4.78 is 5.26. The van der Waals surface area contributed by atoms with Gasteiger partial charge in [0.2, 0.25) is 0 Å². The molecule has 0 heterocycles. The number of benzene rings is 1. The van der Waals surface area contributed by atoms with E-state index < -0.39 is 5.97 Å². The van der Waals surface area contributed by atoms with Gasteiger partial charge >= 0.3 is 5.97 Å². The summed E-state index contributed by atoms with van der Waals surface area (Å²) in [7, 11) is 1.63. The minimum atomic E-state index is -0.805. The Morgan fingerprint density at radius 3 is 2.62 bits per heavy atom. The smallest absolute Gasteiger partial charge is 0.307 e. The molecule has 0 spiro atoms. The van der Waals surface area contributed by atoms with Gasteiger partial charge in [-0.25, -0.2) is 0 Å². The Bertz CT molecular complexity index is 369. The Labute approximate surface area is 96.1 Å². The predicted molar refractivity (Wildman–Crippen MR) is 62.9 cm³/mol. The molecule has 0 fully saturated rings. The SMILES string of the molecule is COc1ccc(CC(=O)O)cc1CC(C)C. The molecule has 0 aliphatic heterocycles. The van der Waals surface area contributed by atoms with E-state index in [1.165, 1.54) is 0 Å². The van der Waals surface area contributed by atoms with Crippen LogP contribution < -0.4 is 4.74 Å². The zero-order valence-electron chi connectivity index (χ0n) is 9.99. The number of aliphatic carboxylic acids is 1. The summed E-state index contributed by atoms with van der Waals surface area (Å²) in [5.41, 5.74) is 1.90. The van der Waals surface area contributed by atoms with Crippen molar-refractivity contribution in [1.29, 1.82) is 0 Å². The molecule has 88 valence electrons. The third-order valence-electron chi connectivity index (χ3n) is 2.33. The highest BCUT2D eigenvalue weighted by molar-refractivity contribution is 5.70. The van der Waals surface area contributed by atoms with E-state index in [0.29, 0.717) is 5.92 Å². The molecule has 0 aromatic heterocycles. The van der Waals surface area contributed by atoms with Gasteiger partial charge < -0.3 is 9.84 Å². The van der Waals surface area contributed by atoms with Crippen molar-refractivity contribution in [3.05, 3.63) is 29.3 Å². The van der Waals surface area contributed by atoms with E-state index >= 15 is 0 Å². The highest BCUT2D eigenvalue weighted by Gasteiger charge is 2.08. The van der Waals surface area contributed by atoms with E-state index in [2.05, 4.69) is 13.8 Å². The van der Waals surface area contributed by atoms with Crippen molar-refractivity contribution >= 4 is 5.97 Å². The molecular formula is C13H18O3. The van der Waals surface area contributed by atoms with Crippen LogP contribution >= 0.6 is 0 Å². The first-order chi connectivity index (χ1) is 7.52. The van der Waals surface area contributed by atoms with Crippen LogP contribution in [0, 0.1) is 5.92 Å². The summed E-state index contributed by atoms with van der Waals surface area (Å²) >= 11 is 0. The summed E-state index contributed by atoms with van der Waals surface area (Å²) in [6, 6.07) is 5.57. The van der Waals surface area contributed by atoms with Gasteiger partial charge in [-0.2, -0.15) is 0 Å². The van der Waals surface area contributed by atoms with Crippen molar-refractivity contribution in [2.75, 3.05) is 7.11 Å². The molecule has 0 saturated heterocycles. The van der Waals surface area contributed by atoms with E-state index in [1.54, 1.807) is 13.2 Å². The molecule has 0 radical (unpaired) electrons. The molecule has 0 unspecified atom stereocenters. The van der Waals surface area contributed by atoms with Gasteiger partial charge in [-0.3, -0.25) is 4.79 Å². The summed E-state index contributed by atoms with van der Waals surface area (Å²) in [4.78, 5) is 10.6. The van der Waals surface area contributed by atoms with Gasteiger partial charge in [0.1, 0.15) is 5.75 Å². The van der Waals surface area contributed by atoms with Crippen molar-refractivity contribution < 1.29 is 14.6 Å². The highest BCUT2D eigenvalue weighted by atomic mass is 16.5. The second-order valence-corrected chi connectivity index (χ2v) is 4.31. The first-order valence-corrected chi connectivity index (χ1v) is 5.40. The van der Waals surface area contributed by atoms with Crippen molar-refractivity contribution in [3.8, 4) is 5.75 Å². The molecule has 0 aliphatic carbocycles. The third-order valence-corrected chi connectivity index (χ3v) is 2.33. The van der Waals surface area contributed by atoms with E-state index in [0.717, 1.165) is 23.3 Å². The number of carboxylic acids is 1. The number of carboxylic acid groups (broad SMARTS) is 1. The Kier molecular flexibility index (Phi) is 4.35. The topological polar surface area (TPSA) is 46.5 Å². The largest absolute Gasteiger partial charge is 0.496 e. The molecule has 0 aliphatic rings. The molecule has 1 aromatic rings. The van der Waals surface area contributed by atoms with Gasteiger partial charge in [-0.15, -0.1) is 0 Å².